The molecule has 0 spiro atoms. The fourth-order valence-corrected chi connectivity index (χ4v) is 3.91. The van der Waals surface area contributed by atoms with Gasteiger partial charge in [-0.25, -0.2) is 4.99 Å². The predicted octanol–water partition coefficient (Wildman–Crippen LogP) is 3.39. The van der Waals surface area contributed by atoms with Crippen LogP contribution >= 0.6 is 24.0 Å². The van der Waals surface area contributed by atoms with Crippen molar-refractivity contribution in [3.63, 3.8) is 0 Å². The third-order valence-corrected chi connectivity index (χ3v) is 5.77. The molecule has 0 bridgehead atoms. The average Bonchev–Trinajstić information content (AvgIpc) is 2.60. The minimum atomic E-state index is -4.70. The number of hydrogen-bond acceptors (Lipinski definition) is 7. The maximum absolute atomic E-state index is 13.0. The van der Waals surface area contributed by atoms with Crippen molar-refractivity contribution in [2.45, 2.75) is 37.2 Å². The minimum absolute atomic E-state index is 0. The monoisotopic (exact) mass is 473 g/mol. The molecular formula is C19H22Cl2FN5O2S. The van der Waals surface area contributed by atoms with Gasteiger partial charge >= 0.3 is 10.2 Å². The van der Waals surface area contributed by atoms with Gasteiger partial charge in [-0.1, -0.05) is 23.7 Å². The molecule has 0 saturated heterocycles. The summed E-state index contributed by atoms with van der Waals surface area (Å²) in [6, 6.07) is 11.2. The topological polar surface area (TPSA) is 114 Å². The van der Waals surface area contributed by atoms with Gasteiger partial charge in [0, 0.05) is 10.7 Å². The number of nitrogens with two attached hydrogens (primary N) is 2. The van der Waals surface area contributed by atoms with Gasteiger partial charge in [0.05, 0.1) is 4.90 Å². The van der Waals surface area contributed by atoms with Crippen LogP contribution in [-0.4, -0.2) is 26.0 Å². The Morgan fingerprint density at radius 2 is 1.73 bits per heavy atom. The molecule has 0 atom stereocenters. The maximum atomic E-state index is 13.0. The summed E-state index contributed by atoms with van der Waals surface area (Å²) in [5, 5.41) is 0.588. The number of halogens is 3. The van der Waals surface area contributed by atoms with Gasteiger partial charge in [0.2, 0.25) is 11.9 Å². The van der Waals surface area contributed by atoms with Crippen LogP contribution in [0.5, 0.6) is 0 Å². The van der Waals surface area contributed by atoms with Gasteiger partial charge in [0.1, 0.15) is 5.66 Å². The van der Waals surface area contributed by atoms with E-state index in [4.69, 9.17) is 23.1 Å². The molecule has 0 unspecified atom stereocenters. The van der Waals surface area contributed by atoms with Gasteiger partial charge in [-0.15, -0.1) is 16.3 Å². The number of aliphatic imine (C=N–C) groups is 2. The summed E-state index contributed by atoms with van der Waals surface area (Å²) in [5.74, 6) is 0.357. The second-order valence-corrected chi connectivity index (χ2v) is 8.88. The van der Waals surface area contributed by atoms with E-state index >= 15 is 0 Å². The first kappa shape index (κ1) is 23.9. The van der Waals surface area contributed by atoms with E-state index in [-0.39, 0.29) is 29.2 Å². The third-order valence-electron chi connectivity index (χ3n) is 4.57. The Bertz CT molecular complexity index is 1100. The van der Waals surface area contributed by atoms with Gasteiger partial charge in [-0.2, -0.15) is 13.4 Å². The van der Waals surface area contributed by atoms with Crippen molar-refractivity contribution < 1.29 is 12.3 Å². The average molecular weight is 474 g/mol. The molecule has 7 nitrogen and oxygen atoms in total. The first-order chi connectivity index (χ1) is 13.5. The SMILES string of the molecule is CC1(C)N=C(N)N=C(N)N1c1ccc(Cl)c(CCc2ccc(S(=O)(=O)F)cc2)c1.Cl. The number of nitrogens with zero attached hydrogens (tertiary/aromatic N) is 3. The van der Waals surface area contributed by atoms with E-state index in [1.165, 1.54) is 12.1 Å². The quantitative estimate of drug-likeness (QED) is 0.645. The van der Waals surface area contributed by atoms with Crippen molar-refractivity contribution in [3.8, 4) is 0 Å². The molecule has 0 amide bonds. The van der Waals surface area contributed by atoms with Crippen LogP contribution in [-0.2, 0) is 23.1 Å². The van der Waals surface area contributed by atoms with Crippen molar-refractivity contribution >= 4 is 51.8 Å². The molecule has 0 saturated carbocycles. The number of anilines is 1. The van der Waals surface area contributed by atoms with Crippen LogP contribution in [0.3, 0.4) is 0 Å². The van der Waals surface area contributed by atoms with E-state index in [0.29, 0.717) is 17.9 Å². The summed E-state index contributed by atoms with van der Waals surface area (Å²) in [6.45, 7) is 3.74. The maximum Gasteiger partial charge on any atom is 0.332 e. The van der Waals surface area contributed by atoms with Crippen LogP contribution in [0.25, 0.3) is 0 Å². The van der Waals surface area contributed by atoms with Gasteiger partial charge in [-0.3, -0.25) is 4.90 Å². The molecule has 0 aromatic heterocycles. The molecule has 1 aliphatic heterocycles. The molecule has 2 aromatic rings. The highest BCUT2D eigenvalue weighted by molar-refractivity contribution is 7.86. The minimum Gasteiger partial charge on any atom is -0.369 e. The molecule has 1 heterocycles. The summed E-state index contributed by atoms with van der Waals surface area (Å²) < 4.78 is 34.9. The number of guanidine groups is 2. The zero-order chi connectivity index (χ0) is 21.4. The summed E-state index contributed by atoms with van der Waals surface area (Å²) >= 11 is 6.36. The van der Waals surface area contributed by atoms with Crippen LogP contribution in [0.1, 0.15) is 25.0 Å². The molecular weight excluding hydrogens is 452 g/mol. The normalized spacial score (nSPS) is 15.8. The van der Waals surface area contributed by atoms with E-state index in [0.717, 1.165) is 16.8 Å². The Morgan fingerprint density at radius 3 is 2.30 bits per heavy atom. The van der Waals surface area contributed by atoms with E-state index in [1.54, 1.807) is 23.1 Å². The highest BCUT2D eigenvalue weighted by Gasteiger charge is 2.33. The number of aryl methyl sites for hydroxylation is 2. The molecule has 0 aliphatic carbocycles. The van der Waals surface area contributed by atoms with E-state index in [1.807, 2.05) is 26.0 Å². The smallest absolute Gasteiger partial charge is 0.332 e. The Morgan fingerprint density at radius 1 is 1.10 bits per heavy atom. The van der Waals surface area contributed by atoms with Crippen LogP contribution in [0, 0.1) is 0 Å². The number of rotatable bonds is 5. The molecule has 2 aromatic carbocycles. The Hall–Kier alpha value is -2.36. The molecule has 1 aliphatic rings. The van der Waals surface area contributed by atoms with Crippen molar-refractivity contribution in [2.24, 2.45) is 21.5 Å². The summed E-state index contributed by atoms with van der Waals surface area (Å²) in [4.78, 5) is 9.79. The molecule has 11 heteroatoms. The summed E-state index contributed by atoms with van der Waals surface area (Å²) in [6.07, 6.45) is 1.18. The Balaban J connectivity index is 0.00000320. The van der Waals surface area contributed by atoms with Gasteiger partial charge in [0.15, 0.2) is 0 Å². The van der Waals surface area contributed by atoms with Crippen LogP contribution in [0.4, 0.5) is 9.57 Å². The second kappa shape index (κ2) is 8.79. The standard InChI is InChI=1S/C19H21ClFN5O2S.ClH/c1-19(2)25-17(22)24-18(23)26(19)14-7-10-16(20)13(11-14)6-3-12-4-8-15(9-5-12)29(21,27)28;/h4-5,7-11H,3,6H2,1-2H3,(H4,22,23,24,25);1H. The fraction of sp³-hybridized carbons (Fsp3) is 0.263. The van der Waals surface area contributed by atoms with Crippen LogP contribution < -0.4 is 16.4 Å². The lowest BCUT2D eigenvalue weighted by molar-refractivity contribution is 0.533. The van der Waals surface area contributed by atoms with Crippen molar-refractivity contribution in [1.29, 1.82) is 0 Å². The molecule has 3 rings (SSSR count). The van der Waals surface area contributed by atoms with Crippen LogP contribution in [0.15, 0.2) is 57.3 Å². The van der Waals surface area contributed by atoms with E-state index < -0.39 is 15.9 Å². The largest absolute Gasteiger partial charge is 0.369 e. The summed E-state index contributed by atoms with van der Waals surface area (Å²) in [7, 11) is -4.70. The zero-order valence-electron chi connectivity index (χ0n) is 16.3. The molecule has 30 heavy (non-hydrogen) atoms. The highest BCUT2D eigenvalue weighted by atomic mass is 35.5. The summed E-state index contributed by atoms with van der Waals surface area (Å²) in [5.41, 5.74) is 13.6. The van der Waals surface area contributed by atoms with Gasteiger partial charge in [-0.05, 0) is 68.1 Å². The first-order valence-corrected chi connectivity index (χ1v) is 10.6. The predicted molar refractivity (Wildman–Crippen MR) is 121 cm³/mol. The second-order valence-electron chi connectivity index (χ2n) is 7.13. The zero-order valence-corrected chi connectivity index (χ0v) is 18.7. The lowest BCUT2D eigenvalue weighted by atomic mass is 10.0. The number of hydrogen-bond donors (Lipinski definition) is 2. The van der Waals surface area contributed by atoms with Crippen LogP contribution in [0.2, 0.25) is 5.02 Å². The van der Waals surface area contributed by atoms with Crippen molar-refractivity contribution in [1.82, 2.24) is 0 Å². The Labute approximate surface area is 186 Å². The number of benzene rings is 2. The molecule has 162 valence electrons. The van der Waals surface area contributed by atoms with Crippen molar-refractivity contribution in [2.75, 3.05) is 4.90 Å². The van der Waals surface area contributed by atoms with Crippen molar-refractivity contribution in [3.05, 3.63) is 58.6 Å². The highest BCUT2D eigenvalue weighted by Crippen LogP contribution is 2.31. The third kappa shape index (κ3) is 5.21. The molecule has 0 radical (unpaired) electrons. The van der Waals surface area contributed by atoms with E-state index in [2.05, 4.69) is 9.98 Å². The first-order valence-electron chi connectivity index (χ1n) is 8.79. The lowest BCUT2D eigenvalue weighted by Crippen LogP contribution is -2.54. The Kier molecular flexibility index (Phi) is 7.01. The lowest BCUT2D eigenvalue weighted by Gasteiger charge is -2.38. The van der Waals surface area contributed by atoms with Gasteiger partial charge < -0.3 is 11.5 Å². The fourth-order valence-electron chi connectivity index (χ4n) is 3.24. The van der Waals surface area contributed by atoms with E-state index in [9.17, 15) is 12.3 Å². The molecule has 4 N–H and O–H groups in total. The van der Waals surface area contributed by atoms with Gasteiger partial charge in [0.25, 0.3) is 0 Å². The molecule has 0 fully saturated rings.